The summed E-state index contributed by atoms with van der Waals surface area (Å²) in [6.45, 7) is 0.756. The lowest BCUT2D eigenvalue weighted by molar-refractivity contribution is 0.102. The van der Waals surface area contributed by atoms with Crippen LogP contribution in [0, 0.1) is 0 Å². The molecule has 2 aromatic rings. The van der Waals surface area contributed by atoms with Crippen LogP contribution in [0.1, 0.15) is 21.9 Å². The molecule has 0 atom stereocenters. The Balaban J connectivity index is 0.00000208. The fourth-order valence-electron chi connectivity index (χ4n) is 2.37. The van der Waals surface area contributed by atoms with Gasteiger partial charge < -0.3 is 11.1 Å². The second-order valence-electron chi connectivity index (χ2n) is 5.08. The fraction of sp³-hybridized carbons (Fsp3) is 0.286. The van der Waals surface area contributed by atoms with Gasteiger partial charge in [-0.1, -0.05) is 6.07 Å². The molecule has 1 aromatic carbocycles. The van der Waals surface area contributed by atoms with E-state index in [0.717, 1.165) is 0 Å². The van der Waals surface area contributed by atoms with E-state index in [9.17, 15) is 13.2 Å². The van der Waals surface area contributed by atoms with E-state index >= 15 is 0 Å². The SMILES string of the molecule is Cl.NCc1nc(C(=O)Nc2cccc(N3CCCS3(=O)=O)c2)cs1. The Morgan fingerprint density at radius 2 is 2.21 bits per heavy atom. The number of carbonyl (C=O) groups is 1. The summed E-state index contributed by atoms with van der Waals surface area (Å²) in [6.07, 6.45) is 0.611. The summed E-state index contributed by atoms with van der Waals surface area (Å²) < 4.78 is 25.3. The van der Waals surface area contributed by atoms with Gasteiger partial charge >= 0.3 is 0 Å². The highest BCUT2D eigenvalue weighted by atomic mass is 35.5. The topological polar surface area (TPSA) is 105 Å². The van der Waals surface area contributed by atoms with Crippen molar-refractivity contribution in [2.45, 2.75) is 13.0 Å². The Morgan fingerprint density at radius 1 is 1.42 bits per heavy atom. The maximum atomic E-state index is 12.2. The van der Waals surface area contributed by atoms with Crippen molar-refractivity contribution in [3.8, 4) is 0 Å². The minimum atomic E-state index is -3.24. The monoisotopic (exact) mass is 388 g/mol. The van der Waals surface area contributed by atoms with Gasteiger partial charge in [0.05, 0.1) is 11.4 Å². The molecule has 24 heavy (non-hydrogen) atoms. The molecule has 0 bridgehead atoms. The van der Waals surface area contributed by atoms with Crippen molar-refractivity contribution in [3.63, 3.8) is 0 Å². The molecule has 0 spiro atoms. The van der Waals surface area contributed by atoms with Crippen LogP contribution in [0.3, 0.4) is 0 Å². The van der Waals surface area contributed by atoms with E-state index in [1.165, 1.54) is 15.6 Å². The smallest absolute Gasteiger partial charge is 0.275 e. The fourth-order valence-corrected chi connectivity index (χ4v) is 4.58. The van der Waals surface area contributed by atoms with Gasteiger partial charge in [0.2, 0.25) is 10.0 Å². The summed E-state index contributed by atoms with van der Waals surface area (Å²) in [5.41, 5.74) is 6.87. The van der Waals surface area contributed by atoms with Crippen LogP contribution in [0.4, 0.5) is 11.4 Å². The number of hydrogen-bond acceptors (Lipinski definition) is 6. The zero-order valence-corrected chi connectivity index (χ0v) is 15.1. The molecule has 10 heteroatoms. The number of hydrogen-bond donors (Lipinski definition) is 2. The predicted molar refractivity (Wildman–Crippen MR) is 97.4 cm³/mol. The standard InChI is InChI=1S/C14H16N4O3S2.ClH/c15-8-13-17-12(9-22-13)14(19)16-10-3-1-4-11(7-10)18-5-2-6-23(18,20)21;/h1,3-4,7,9H,2,5-6,8,15H2,(H,16,19);1H. The van der Waals surface area contributed by atoms with Crippen molar-refractivity contribution >= 4 is 51.0 Å². The number of amides is 1. The van der Waals surface area contributed by atoms with Gasteiger partial charge in [-0.2, -0.15) is 0 Å². The van der Waals surface area contributed by atoms with Crippen molar-refractivity contribution in [2.24, 2.45) is 5.73 Å². The number of nitrogens with zero attached hydrogens (tertiary/aromatic N) is 2. The molecule has 3 N–H and O–H groups in total. The lowest BCUT2D eigenvalue weighted by Gasteiger charge is -2.17. The number of rotatable bonds is 4. The molecule has 1 saturated heterocycles. The van der Waals surface area contributed by atoms with Crippen LogP contribution in [0.2, 0.25) is 0 Å². The minimum Gasteiger partial charge on any atom is -0.325 e. The van der Waals surface area contributed by atoms with Crippen molar-refractivity contribution in [1.29, 1.82) is 0 Å². The van der Waals surface area contributed by atoms with Crippen LogP contribution in [0.5, 0.6) is 0 Å². The second-order valence-corrected chi connectivity index (χ2v) is 8.03. The maximum absolute atomic E-state index is 12.2. The zero-order chi connectivity index (χ0) is 16.4. The highest BCUT2D eigenvalue weighted by Crippen LogP contribution is 2.26. The Hall–Kier alpha value is -1.68. The molecule has 1 aliphatic heterocycles. The Morgan fingerprint density at radius 3 is 2.83 bits per heavy atom. The zero-order valence-electron chi connectivity index (χ0n) is 12.6. The van der Waals surface area contributed by atoms with Gasteiger partial charge in [-0.3, -0.25) is 9.10 Å². The quantitative estimate of drug-likeness (QED) is 0.830. The summed E-state index contributed by atoms with van der Waals surface area (Å²) in [5, 5.41) is 5.06. The number of anilines is 2. The van der Waals surface area contributed by atoms with Gasteiger partial charge in [0.1, 0.15) is 10.7 Å². The molecular weight excluding hydrogens is 372 g/mol. The molecular formula is C14H17ClN4O3S2. The summed E-state index contributed by atoms with van der Waals surface area (Å²) in [7, 11) is -3.24. The minimum absolute atomic E-state index is 0. The first kappa shape index (κ1) is 18.7. The molecule has 130 valence electrons. The second kappa shape index (κ2) is 7.47. The van der Waals surface area contributed by atoms with Gasteiger partial charge in [-0.15, -0.1) is 23.7 Å². The number of benzene rings is 1. The third-order valence-corrected chi connectivity index (χ3v) is 6.19. The first-order chi connectivity index (χ1) is 11.0. The van der Waals surface area contributed by atoms with Gasteiger partial charge in [-0.05, 0) is 24.6 Å². The average molecular weight is 389 g/mol. The van der Waals surface area contributed by atoms with Crippen LogP contribution in [0.15, 0.2) is 29.6 Å². The predicted octanol–water partition coefficient (Wildman–Crippen LogP) is 1.82. The number of halogens is 1. The molecule has 3 rings (SSSR count). The summed E-state index contributed by atoms with van der Waals surface area (Å²) in [4.78, 5) is 16.3. The molecule has 0 saturated carbocycles. The van der Waals surface area contributed by atoms with Crippen molar-refractivity contribution in [1.82, 2.24) is 4.98 Å². The Bertz CT molecular complexity index is 838. The van der Waals surface area contributed by atoms with E-state index < -0.39 is 10.0 Å². The third kappa shape index (κ3) is 3.86. The van der Waals surface area contributed by atoms with Crippen LogP contribution in [0.25, 0.3) is 0 Å². The highest BCUT2D eigenvalue weighted by molar-refractivity contribution is 7.93. The van der Waals surface area contributed by atoms with E-state index in [-0.39, 0.29) is 24.1 Å². The molecule has 0 aliphatic carbocycles. The average Bonchev–Trinajstić information content (AvgIpc) is 3.13. The molecule has 7 nitrogen and oxygen atoms in total. The Kier molecular flexibility index (Phi) is 5.81. The largest absolute Gasteiger partial charge is 0.325 e. The summed E-state index contributed by atoms with van der Waals surface area (Å²) >= 11 is 1.33. The van der Waals surface area contributed by atoms with E-state index in [2.05, 4.69) is 10.3 Å². The number of sulfonamides is 1. The first-order valence-electron chi connectivity index (χ1n) is 7.06. The van der Waals surface area contributed by atoms with Crippen LogP contribution < -0.4 is 15.4 Å². The number of nitrogens with one attached hydrogen (secondary N) is 1. The van der Waals surface area contributed by atoms with E-state index in [0.29, 0.717) is 41.6 Å². The molecule has 1 amide bonds. The lowest BCUT2D eigenvalue weighted by atomic mass is 10.2. The van der Waals surface area contributed by atoms with Crippen LogP contribution in [-0.2, 0) is 16.6 Å². The normalized spacial score (nSPS) is 15.8. The van der Waals surface area contributed by atoms with E-state index in [4.69, 9.17) is 5.73 Å². The van der Waals surface area contributed by atoms with E-state index in [1.807, 2.05) is 0 Å². The van der Waals surface area contributed by atoms with Crippen molar-refractivity contribution < 1.29 is 13.2 Å². The number of aromatic nitrogens is 1. The lowest BCUT2D eigenvalue weighted by Crippen LogP contribution is -2.25. The first-order valence-corrected chi connectivity index (χ1v) is 9.55. The van der Waals surface area contributed by atoms with Gasteiger partial charge in [0.25, 0.3) is 5.91 Å². The molecule has 0 unspecified atom stereocenters. The van der Waals surface area contributed by atoms with Gasteiger partial charge in [0, 0.05) is 24.2 Å². The third-order valence-electron chi connectivity index (χ3n) is 3.45. The number of thiazole rings is 1. The molecule has 1 aromatic heterocycles. The molecule has 0 radical (unpaired) electrons. The summed E-state index contributed by atoms with van der Waals surface area (Å²) in [6, 6.07) is 6.79. The Labute approximate surface area is 150 Å². The van der Waals surface area contributed by atoms with Crippen LogP contribution >= 0.6 is 23.7 Å². The molecule has 1 fully saturated rings. The highest BCUT2D eigenvalue weighted by Gasteiger charge is 2.28. The maximum Gasteiger partial charge on any atom is 0.275 e. The van der Waals surface area contributed by atoms with Gasteiger partial charge in [0.15, 0.2) is 0 Å². The molecule has 1 aliphatic rings. The summed E-state index contributed by atoms with van der Waals surface area (Å²) in [5.74, 6) is -0.188. The van der Waals surface area contributed by atoms with Gasteiger partial charge in [-0.25, -0.2) is 13.4 Å². The van der Waals surface area contributed by atoms with Crippen molar-refractivity contribution in [3.05, 3.63) is 40.3 Å². The molecule has 2 heterocycles. The van der Waals surface area contributed by atoms with Crippen LogP contribution in [-0.4, -0.2) is 31.6 Å². The number of nitrogens with two attached hydrogens (primary N) is 1. The van der Waals surface area contributed by atoms with Crippen molar-refractivity contribution in [2.75, 3.05) is 21.9 Å². The van der Waals surface area contributed by atoms with E-state index in [1.54, 1.807) is 29.6 Å². The number of carbonyl (C=O) groups excluding carboxylic acids is 1.